The van der Waals surface area contributed by atoms with E-state index >= 15 is 0 Å². The van der Waals surface area contributed by atoms with Crippen molar-refractivity contribution < 1.29 is 9.90 Å². The van der Waals surface area contributed by atoms with Crippen LogP contribution in [0.1, 0.15) is 22.3 Å². The second-order valence-electron chi connectivity index (χ2n) is 3.83. The molecule has 0 bridgehead atoms. The third-order valence-electron chi connectivity index (χ3n) is 2.74. The zero-order chi connectivity index (χ0) is 13.6. The number of aliphatic hydroxyl groups is 1. The summed E-state index contributed by atoms with van der Waals surface area (Å²) in [6.07, 6.45) is 2.16. The van der Waals surface area contributed by atoms with Crippen LogP contribution in [0.15, 0.2) is 28.3 Å². The Morgan fingerprint density at radius 1 is 1.32 bits per heavy atom. The number of carbonyl (C=O) groups excluding carboxylic acids is 1. The molecule has 0 spiro atoms. The largest absolute Gasteiger partial charge is 0.369 e. The van der Waals surface area contributed by atoms with E-state index in [4.69, 9.17) is 0 Å². The molecule has 9 heteroatoms. The van der Waals surface area contributed by atoms with Crippen LogP contribution in [0.3, 0.4) is 0 Å². The number of anilines is 1. The highest BCUT2D eigenvalue weighted by molar-refractivity contribution is 6.09. The van der Waals surface area contributed by atoms with Crippen LogP contribution in [-0.4, -0.2) is 30.9 Å². The van der Waals surface area contributed by atoms with E-state index in [1.807, 2.05) is 4.98 Å². The van der Waals surface area contributed by atoms with Crippen molar-refractivity contribution in [3.8, 4) is 0 Å². The minimum absolute atomic E-state index is 0.0214. The van der Waals surface area contributed by atoms with Crippen LogP contribution in [0.25, 0.3) is 0 Å². The second-order valence-corrected chi connectivity index (χ2v) is 3.83. The fraction of sp³-hybridized carbons (Fsp3) is 0.100. The number of aromatic nitrogens is 4. The van der Waals surface area contributed by atoms with Crippen molar-refractivity contribution in [2.45, 2.75) is 6.23 Å². The first-order valence-corrected chi connectivity index (χ1v) is 5.23. The lowest BCUT2D eigenvalue weighted by Crippen LogP contribution is -2.35. The number of fused-ring (bicyclic) bond motifs is 1. The van der Waals surface area contributed by atoms with Gasteiger partial charge in [-0.15, -0.1) is 0 Å². The molecule has 0 aliphatic carbocycles. The second kappa shape index (κ2) is 3.85. The van der Waals surface area contributed by atoms with Crippen LogP contribution in [0, 0.1) is 0 Å². The zero-order valence-corrected chi connectivity index (χ0v) is 9.32. The van der Waals surface area contributed by atoms with Crippen molar-refractivity contribution in [3.63, 3.8) is 0 Å². The molecule has 9 nitrogen and oxygen atoms in total. The predicted molar refractivity (Wildman–Crippen MR) is 61.5 cm³/mol. The molecule has 0 saturated heterocycles. The van der Waals surface area contributed by atoms with E-state index in [2.05, 4.69) is 15.0 Å². The molecule has 0 saturated carbocycles. The average molecular weight is 261 g/mol. The molecule has 3 rings (SSSR count). The first-order valence-electron chi connectivity index (χ1n) is 5.23. The first-order chi connectivity index (χ1) is 9.09. The summed E-state index contributed by atoms with van der Waals surface area (Å²) >= 11 is 0. The van der Waals surface area contributed by atoms with Gasteiger partial charge in [-0.2, -0.15) is 0 Å². The number of nitrogens with one attached hydrogen (secondary N) is 2. The van der Waals surface area contributed by atoms with Gasteiger partial charge in [-0.3, -0.25) is 19.5 Å². The summed E-state index contributed by atoms with van der Waals surface area (Å²) in [7, 11) is 0. The van der Waals surface area contributed by atoms with Crippen LogP contribution >= 0.6 is 0 Å². The van der Waals surface area contributed by atoms with Crippen molar-refractivity contribution >= 4 is 11.6 Å². The van der Waals surface area contributed by atoms with Gasteiger partial charge in [0.15, 0.2) is 6.23 Å². The van der Waals surface area contributed by atoms with Gasteiger partial charge in [-0.25, -0.2) is 14.8 Å². The lowest BCUT2D eigenvalue weighted by molar-refractivity contribution is 0.0931. The van der Waals surface area contributed by atoms with E-state index in [-0.39, 0.29) is 16.9 Å². The molecule has 3 heterocycles. The van der Waals surface area contributed by atoms with Crippen LogP contribution in [0.2, 0.25) is 0 Å². The summed E-state index contributed by atoms with van der Waals surface area (Å²) in [6, 6.07) is 0. The molecular formula is C10H7N5O4. The van der Waals surface area contributed by atoms with Gasteiger partial charge in [0.1, 0.15) is 17.7 Å². The topological polar surface area (TPSA) is 132 Å². The number of nitrogens with zero attached hydrogens (tertiary/aromatic N) is 3. The van der Waals surface area contributed by atoms with Gasteiger partial charge in [0.05, 0.1) is 5.56 Å². The molecule has 0 fully saturated rings. The third kappa shape index (κ3) is 1.56. The number of aromatic amines is 2. The predicted octanol–water partition coefficient (Wildman–Crippen LogP) is -1.50. The van der Waals surface area contributed by atoms with E-state index < -0.39 is 23.4 Å². The number of rotatable bonds is 1. The monoisotopic (exact) mass is 261 g/mol. The number of H-pyrrole nitrogens is 2. The van der Waals surface area contributed by atoms with Gasteiger partial charge in [0, 0.05) is 12.4 Å². The first kappa shape index (κ1) is 11.3. The number of amides is 1. The van der Waals surface area contributed by atoms with Crippen molar-refractivity contribution in [3.05, 3.63) is 50.8 Å². The quantitative estimate of drug-likeness (QED) is 0.572. The average Bonchev–Trinajstić information content (AvgIpc) is 2.64. The van der Waals surface area contributed by atoms with E-state index in [1.165, 1.54) is 12.5 Å². The number of hydrogen-bond acceptors (Lipinski definition) is 6. The van der Waals surface area contributed by atoms with Gasteiger partial charge in [0.2, 0.25) is 0 Å². The van der Waals surface area contributed by atoms with E-state index in [0.29, 0.717) is 0 Å². The van der Waals surface area contributed by atoms with Gasteiger partial charge >= 0.3 is 5.69 Å². The highest BCUT2D eigenvalue weighted by atomic mass is 16.3. The Kier molecular flexibility index (Phi) is 2.29. The third-order valence-corrected chi connectivity index (χ3v) is 2.74. The normalized spacial score (nSPS) is 17.6. The standard InChI is InChI=1S/C10H7N5O4/c16-7-5(2-12-10(19)14-7)15-8(17)4-1-11-3-13-6(4)9(15)18/h1-3,8,17H,(H2,12,14,16,19). The molecule has 19 heavy (non-hydrogen) atoms. The molecule has 1 unspecified atom stereocenters. The Morgan fingerprint density at radius 2 is 2.11 bits per heavy atom. The zero-order valence-electron chi connectivity index (χ0n) is 9.32. The molecule has 1 atom stereocenters. The summed E-state index contributed by atoms with van der Waals surface area (Å²) in [6.45, 7) is 0. The molecule has 0 radical (unpaired) electrons. The van der Waals surface area contributed by atoms with E-state index in [9.17, 15) is 19.5 Å². The fourth-order valence-electron chi connectivity index (χ4n) is 1.90. The summed E-state index contributed by atoms with van der Waals surface area (Å²) in [4.78, 5) is 47.2. The minimum Gasteiger partial charge on any atom is -0.369 e. The van der Waals surface area contributed by atoms with Gasteiger partial charge in [-0.05, 0) is 0 Å². The van der Waals surface area contributed by atoms with Crippen molar-refractivity contribution in [2.75, 3.05) is 4.90 Å². The van der Waals surface area contributed by atoms with Gasteiger partial charge in [-0.1, -0.05) is 0 Å². The number of hydrogen-bond donors (Lipinski definition) is 3. The summed E-state index contributed by atoms with van der Waals surface area (Å²) < 4.78 is 0. The van der Waals surface area contributed by atoms with Crippen molar-refractivity contribution in [2.24, 2.45) is 0 Å². The number of aliphatic hydroxyl groups excluding tert-OH is 1. The number of carbonyl (C=O) groups is 1. The molecule has 0 aromatic carbocycles. The lowest BCUT2D eigenvalue weighted by atomic mass is 10.2. The maximum Gasteiger partial charge on any atom is 0.325 e. The molecule has 2 aromatic heterocycles. The molecular weight excluding hydrogens is 254 g/mol. The van der Waals surface area contributed by atoms with Gasteiger partial charge in [0.25, 0.3) is 11.5 Å². The minimum atomic E-state index is -1.37. The fourth-order valence-corrected chi connectivity index (χ4v) is 1.90. The van der Waals surface area contributed by atoms with Crippen molar-refractivity contribution in [1.29, 1.82) is 0 Å². The highest BCUT2D eigenvalue weighted by Gasteiger charge is 2.39. The van der Waals surface area contributed by atoms with Crippen LogP contribution in [-0.2, 0) is 0 Å². The SMILES string of the molecule is O=C1c2ncncc2C(O)N1c1c[nH]c(=O)[nH]c1=O. The lowest BCUT2D eigenvalue weighted by Gasteiger charge is -2.18. The Bertz CT molecular complexity index is 780. The molecule has 1 amide bonds. The molecule has 3 N–H and O–H groups in total. The van der Waals surface area contributed by atoms with Crippen molar-refractivity contribution in [1.82, 2.24) is 19.9 Å². The maximum atomic E-state index is 12.1. The Morgan fingerprint density at radius 3 is 2.79 bits per heavy atom. The maximum absolute atomic E-state index is 12.1. The van der Waals surface area contributed by atoms with E-state index in [1.54, 1.807) is 0 Å². The van der Waals surface area contributed by atoms with Crippen LogP contribution in [0.5, 0.6) is 0 Å². The Labute approximate surface area is 104 Å². The molecule has 1 aliphatic heterocycles. The Hall–Kier alpha value is -2.81. The highest BCUT2D eigenvalue weighted by Crippen LogP contribution is 2.31. The molecule has 1 aliphatic rings. The smallest absolute Gasteiger partial charge is 0.325 e. The van der Waals surface area contributed by atoms with Crippen LogP contribution in [0.4, 0.5) is 5.69 Å². The Balaban J connectivity index is 2.16. The summed E-state index contributed by atoms with van der Waals surface area (Å²) in [5.74, 6) is -0.637. The van der Waals surface area contributed by atoms with Gasteiger partial charge < -0.3 is 10.1 Å². The summed E-state index contributed by atoms with van der Waals surface area (Å²) in [5, 5.41) is 10.0. The van der Waals surface area contributed by atoms with Crippen LogP contribution < -0.4 is 16.1 Å². The van der Waals surface area contributed by atoms with E-state index in [0.717, 1.165) is 11.1 Å². The summed E-state index contributed by atoms with van der Waals surface area (Å²) in [5.41, 5.74) is -1.43. The molecule has 96 valence electrons. The molecule has 2 aromatic rings.